The summed E-state index contributed by atoms with van der Waals surface area (Å²) in [5.74, 6) is 0. The number of pyridine rings is 1. The third kappa shape index (κ3) is 2.77. The molecule has 0 aliphatic carbocycles. The molecule has 0 radical (unpaired) electrons. The maximum Gasteiger partial charge on any atom is 0.0733 e. The number of benzene rings is 2. The minimum Gasteiger partial charge on any atom is -0.256 e. The maximum atomic E-state index is 4.44. The Morgan fingerprint density at radius 2 is 1.39 bits per heavy atom. The van der Waals surface area contributed by atoms with Crippen LogP contribution < -0.4 is 0 Å². The molecular formula is C20H15N3. The van der Waals surface area contributed by atoms with Gasteiger partial charge in [0.05, 0.1) is 17.6 Å². The number of nitrogens with zero attached hydrogens (tertiary/aromatic N) is 3. The Morgan fingerprint density at radius 1 is 0.652 bits per heavy atom. The summed E-state index contributed by atoms with van der Waals surface area (Å²) in [5.41, 5.74) is 5.39. The summed E-state index contributed by atoms with van der Waals surface area (Å²) in [7, 11) is 0. The van der Waals surface area contributed by atoms with Crippen molar-refractivity contribution in [3.8, 4) is 28.1 Å². The summed E-state index contributed by atoms with van der Waals surface area (Å²) in [6, 6.07) is 24.6. The molecule has 0 saturated heterocycles. The molecular weight excluding hydrogens is 282 g/mol. The van der Waals surface area contributed by atoms with E-state index in [1.165, 1.54) is 11.1 Å². The van der Waals surface area contributed by atoms with E-state index in [2.05, 4.69) is 58.6 Å². The Labute approximate surface area is 134 Å². The van der Waals surface area contributed by atoms with Crippen molar-refractivity contribution in [3.05, 3.63) is 91.4 Å². The van der Waals surface area contributed by atoms with E-state index in [4.69, 9.17) is 0 Å². The highest BCUT2D eigenvalue weighted by molar-refractivity contribution is 5.64. The second kappa shape index (κ2) is 5.89. The van der Waals surface area contributed by atoms with Crippen molar-refractivity contribution in [2.45, 2.75) is 0 Å². The van der Waals surface area contributed by atoms with Crippen LogP contribution in [0.3, 0.4) is 0 Å². The van der Waals surface area contributed by atoms with Gasteiger partial charge in [-0.15, -0.1) is 0 Å². The standard InChI is InChI=1S/C20H15N3/c1-2-6-16(7-3-1)17-9-11-19(12-10-17)23-15-18(14-22-23)20-8-4-5-13-21-20/h1-15H. The summed E-state index contributed by atoms with van der Waals surface area (Å²) in [5, 5.41) is 4.44. The fourth-order valence-corrected chi connectivity index (χ4v) is 2.57. The van der Waals surface area contributed by atoms with Crippen LogP contribution >= 0.6 is 0 Å². The quantitative estimate of drug-likeness (QED) is 0.553. The molecule has 2 heterocycles. The van der Waals surface area contributed by atoms with Gasteiger partial charge in [0.1, 0.15) is 0 Å². The van der Waals surface area contributed by atoms with E-state index in [0.717, 1.165) is 16.9 Å². The summed E-state index contributed by atoms with van der Waals surface area (Å²) in [6.45, 7) is 0. The van der Waals surface area contributed by atoms with Gasteiger partial charge in [-0.25, -0.2) is 4.68 Å². The van der Waals surface area contributed by atoms with E-state index in [-0.39, 0.29) is 0 Å². The Balaban J connectivity index is 1.63. The van der Waals surface area contributed by atoms with Crippen LogP contribution in [-0.2, 0) is 0 Å². The molecule has 110 valence electrons. The minimum absolute atomic E-state index is 0.930. The Kier molecular flexibility index (Phi) is 3.45. The van der Waals surface area contributed by atoms with Gasteiger partial charge in [0.15, 0.2) is 0 Å². The normalized spacial score (nSPS) is 10.6. The lowest BCUT2D eigenvalue weighted by molar-refractivity contribution is 0.881. The SMILES string of the molecule is c1ccc(-c2ccc(-n3cc(-c4ccccn4)cn3)cc2)cc1. The van der Waals surface area contributed by atoms with E-state index in [0.29, 0.717) is 0 Å². The molecule has 3 nitrogen and oxygen atoms in total. The first-order valence-electron chi connectivity index (χ1n) is 7.52. The molecule has 0 aliphatic rings. The van der Waals surface area contributed by atoms with Crippen LogP contribution in [0.4, 0.5) is 0 Å². The van der Waals surface area contributed by atoms with E-state index >= 15 is 0 Å². The number of hydrogen-bond acceptors (Lipinski definition) is 2. The molecule has 0 amide bonds. The molecule has 4 rings (SSSR count). The zero-order chi connectivity index (χ0) is 15.5. The van der Waals surface area contributed by atoms with Gasteiger partial charge in [-0.3, -0.25) is 4.98 Å². The Bertz CT molecular complexity index is 895. The van der Waals surface area contributed by atoms with Gasteiger partial charge in [0, 0.05) is 18.0 Å². The Hall–Kier alpha value is -3.20. The summed E-state index contributed by atoms with van der Waals surface area (Å²) in [6.07, 6.45) is 5.63. The van der Waals surface area contributed by atoms with E-state index in [1.807, 2.05) is 41.3 Å². The second-order valence-electron chi connectivity index (χ2n) is 5.30. The molecule has 0 atom stereocenters. The van der Waals surface area contributed by atoms with Gasteiger partial charge < -0.3 is 0 Å². The van der Waals surface area contributed by atoms with Crippen molar-refractivity contribution in [2.75, 3.05) is 0 Å². The van der Waals surface area contributed by atoms with Gasteiger partial charge in [0.2, 0.25) is 0 Å². The molecule has 0 spiro atoms. The first kappa shape index (κ1) is 13.5. The molecule has 0 N–H and O–H groups in total. The fraction of sp³-hybridized carbons (Fsp3) is 0. The molecule has 2 aromatic heterocycles. The van der Waals surface area contributed by atoms with Gasteiger partial charge >= 0.3 is 0 Å². The largest absolute Gasteiger partial charge is 0.256 e. The first-order valence-corrected chi connectivity index (χ1v) is 7.52. The van der Waals surface area contributed by atoms with Crippen molar-refractivity contribution in [1.82, 2.24) is 14.8 Å². The molecule has 0 unspecified atom stereocenters. The topological polar surface area (TPSA) is 30.7 Å². The molecule has 0 aliphatic heterocycles. The molecule has 4 aromatic rings. The van der Waals surface area contributed by atoms with Gasteiger partial charge in [0.25, 0.3) is 0 Å². The average Bonchev–Trinajstić information content (AvgIpc) is 3.14. The lowest BCUT2D eigenvalue weighted by Gasteiger charge is -2.04. The second-order valence-corrected chi connectivity index (χ2v) is 5.30. The maximum absolute atomic E-state index is 4.44. The molecule has 23 heavy (non-hydrogen) atoms. The van der Waals surface area contributed by atoms with E-state index in [9.17, 15) is 0 Å². The molecule has 0 saturated carbocycles. The fourth-order valence-electron chi connectivity index (χ4n) is 2.57. The highest BCUT2D eigenvalue weighted by Gasteiger charge is 2.04. The highest BCUT2D eigenvalue weighted by Crippen LogP contribution is 2.22. The van der Waals surface area contributed by atoms with E-state index < -0.39 is 0 Å². The summed E-state index contributed by atoms with van der Waals surface area (Å²) in [4.78, 5) is 4.36. The van der Waals surface area contributed by atoms with Crippen molar-refractivity contribution < 1.29 is 0 Å². The zero-order valence-electron chi connectivity index (χ0n) is 12.5. The molecule has 0 bridgehead atoms. The number of aromatic nitrogens is 3. The van der Waals surface area contributed by atoms with Crippen LogP contribution in [0.5, 0.6) is 0 Å². The van der Waals surface area contributed by atoms with Crippen LogP contribution in [0.1, 0.15) is 0 Å². The van der Waals surface area contributed by atoms with Crippen molar-refractivity contribution in [2.24, 2.45) is 0 Å². The van der Waals surface area contributed by atoms with Gasteiger partial charge in [-0.1, -0.05) is 48.5 Å². The summed E-state index contributed by atoms with van der Waals surface area (Å²) < 4.78 is 1.87. The number of hydrogen-bond donors (Lipinski definition) is 0. The smallest absolute Gasteiger partial charge is 0.0733 e. The van der Waals surface area contributed by atoms with Crippen molar-refractivity contribution in [3.63, 3.8) is 0 Å². The van der Waals surface area contributed by atoms with Crippen LogP contribution in [0.15, 0.2) is 91.4 Å². The van der Waals surface area contributed by atoms with E-state index in [1.54, 1.807) is 6.20 Å². The van der Waals surface area contributed by atoms with Gasteiger partial charge in [-0.2, -0.15) is 5.10 Å². The zero-order valence-corrected chi connectivity index (χ0v) is 12.5. The Morgan fingerprint density at radius 3 is 2.13 bits per heavy atom. The monoisotopic (exact) mass is 297 g/mol. The van der Waals surface area contributed by atoms with Crippen molar-refractivity contribution >= 4 is 0 Å². The predicted octanol–water partition coefficient (Wildman–Crippen LogP) is 4.60. The lowest BCUT2D eigenvalue weighted by Crippen LogP contribution is -1.93. The highest BCUT2D eigenvalue weighted by atomic mass is 15.3. The van der Waals surface area contributed by atoms with Crippen LogP contribution in [0, 0.1) is 0 Å². The van der Waals surface area contributed by atoms with Crippen molar-refractivity contribution in [1.29, 1.82) is 0 Å². The molecule has 0 fully saturated rings. The predicted molar refractivity (Wildman–Crippen MR) is 92.2 cm³/mol. The number of rotatable bonds is 3. The average molecular weight is 297 g/mol. The third-order valence-electron chi connectivity index (χ3n) is 3.78. The third-order valence-corrected chi connectivity index (χ3v) is 3.78. The van der Waals surface area contributed by atoms with Crippen LogP contribution in [0.25, 0.3) is 28.1 Å². The summed E-state index contributed by atoms with van der Waals surface area (Å²) >= 11 is 0. The minimum atomic E-state index is 0.930. The van der Waals surface area contributed by atoms with Crippen LogP contribution in [0.2, 0.25) is 0 Å². The lowest BCUT2D eigenvalue weighted by atomic mass is 10.1. The van der Waals surface area contributed by atoms with Crippen LogP contribution in [-0.4, -0.2) is 14.8 Å². The molecule has 3 heteroatoms. The first-order chi connectivity index (χ1) is 11.4. The molecule has 2 aromatic carbocycles. The van der Waals surface area contributed by atoms with Gasteiger partial charge in [-0.05, 0) is 35.4 Å².